The number of hydrogen-bond donors (Lipinski definition) is 2. The Balaban J connectivity index is 0.00000220. The van der Waals surface area contributed by atoms with Crippen LogP contribution >= 0.6 is 12.4 Å². The highest BCUT2D eigenvalue weighted by Gasteiger charge is 2.23. The largest absolute Gasteiger partial charge is 0.340 e. The first kappa shape index (κ1) is 17.9. The van der Waals surface area contributed by atoms with Crippen molar-refractivity contribution in [3.05, 3.63) is 12.5 Å². The van der Waals surface area contributed by atoms with Crippen LogP contribution in [0.1, 0.15) is 12.8 Å². The second-order valence-corrected chi connectivity index (χ2v) is 6.66. The summed E-state index contributed by atoms with van der Waals surface area (Å²) in [4.78, 5) is 17.3. The molecular formula is C11H20ClN5O3S. The van der Waals surface area contributed by atoms with Gasteiger partial charge in [-0.1, -0.05) is 0 Å². The average molecular weight is 338 g/mol. The summed E-state index contributed by atoms with van der Waals surface area (Å²) < 4.78 is 27.6. The molecule has 1 aliphatic heterocycles. The van der Waals surface area contributed by atoms with Crippen LogP contribution in [0.4, 0.5) is 0 Å². The fourth-order valence-corrected chi connectivity index (χ4v) is 3.06. The normalized spacial score (nSPS) is 19.1. The molecule has 3 N–H and O–H groups in total. The number of nitrogens with one attached hydrogen (secondary N) is 1. The molecule has 1 atom stereocenters. The summed E-state index contributed by atoms with van der Waals surface area (Å²) in [7, 11) is -2.07. The number of rotatable bonds is 4. The molecule has 1 aromatic rings. The topological polar surface area (TPSA) is 110 Å². The van der Waals surface area contributed by atoms with Crippen molar-refractivity contribution >= 4 is 28.3 Å². The van der Waals surface area contributed by atoms with Gasteiger partial charge in [-0.25, -0.2) is 18.1 Å². The zero-order chi connectivity index (χ0) is 14.8. The van der Waals surface area contributed by atoms with E-state index in [9.17, 15) is 13.2 Å². The van der Waals surface area contributed by atoms with Crippen LogP contribution in [0.5, 0.6) is 0 Å². The number of aromatic nitrogens is 2. The number of halogens is 1. The molecule has 2 rings (SSSR count). The quantitative estimate of drug-likeness (QED) is 0.737. The number of likely N-dealkylation sites (tertiary alicyclic amines) is 1. The van der Waals surface area contributed by atoms with Gasteiger partial charge in [0.15, 0.2) is 5.03 Å². The average Bonchev–Trinajstić information content (AvgIpc) is 2.83. The van der Waals surface area contributed by atoms with Crippen LogP contribution in [0.3, 0.4) is 0 Å². The first-order valence-corrected chi connectivity index (χ1v) is 7.88. The Morgan fingerprint density at radius 1 is 1.57 bits per heavy atom. The monoisotopic (exact) mass is 337 g/mol. The van der Waals surface area contributed by atoms with Crippen molar-refractivity contribution in [1.29, 1.82) is 0 Å². The van der Waals surface area contributed by atoms with Crippen LogP contribution in [-0.4, -0.2) is 54.5 Å². The summed E-state index contributed by atoms with van der Waals surface area (Å²) in [6.45, 7) is 0.827. The Bertz CT molecular complexity index is 588. The summed E-state index contributed by atoms with van der Waals surface area (Å²) in [6, 6.07) is -0.0277. The fraction of sp³-hybridized carbons (Fsp3) is 0.636. The Kier molecular flexibility index (Phi) is 6.14. The predicted molar refractivity (Wildman–Crippen MR) is 79.4 cm³/mol. The molecule has 0 bridgehead atoms. The molecule has 120 valence electrons. The highest BCUT2D eigenvalue weighted by molar-refractivity contribution is 7.89. The van der Waals surface area contributed by atoms with Crippen molar-refractivity contribution in [3.8, 4) is 0 Å². The molecule has 1 unspecified atom stereocenters. The van der Waals surface area contributed by atoms with Gasteiger partial charge in [0, 0.05) is 32.4 Å². The van der Waals surface area contributed by atoms with E-state index < -0.39 is 10.0 Å². The highest BCUT2D eigenvalue weighted by atomic mass is 35.5. The maximum Gasteiger partial charge on any atom is 0.260 e. The molecule has 0 radical (unpaired) electrons. The van der Waals surface area contributed by atoms with Gasteiger partial charge in [-0.3, -0.25) is 4.79 Å². The van der Waals surface area contributed by atoms with E-state index in [-0.39, 0.29) is 35.9 Å². The van der Waals surface area contributed by atoms with Gasteiger partial charge < -0.3 is 15.2 Å². The molecule has 2 heterocycles. The summed E-state index contributed by atoms with van der Waals surface area (Å²) in [5, 5.41) is -0.0943. The minimum Gasteiger partial charge on any atom is -0.340 e. The second kappa shape index (κ2) is 7.21. The minimum atomic E-state index is -3.75. The second-order valence-electron chi connectivity index (χ2n) is 4.94. The smallest absolute Gasteiger partial charge is 0.260 e. The van der Waals surface area contributed by atoms with Crippen molar-refractivity contribution in [3.63, 3.8) is 0 Å². The van der Waals surface area contributed by atoms with E-state index in [1.165, 1.54) is 17.1 Å². The van der Waals surface area contributed by atoms with Crippen LogP contribution < -0.4 is 10.5 Å². The lowest BCUT2D eigenvalue weighted by Crippen LogP contribution is -2.48. The molecular weight excluding hydrogens is 318 g/mol. The lowest BCUT2D eigenvalue weighted by molar-refractivity contribution is -0.131. The number of piperidine rings is 1. The molecule has 1 saturated heterocycles. The Morgan fingerprint density at radius 3 is 2.86 bits per heavy atom. The number of aryl methyl sites for hydroxylation is 1. The molecule has 1 aromatic heterocycles. The van der Waals surface area contributed by atoms with Gasteiger partial charge in [0.25, 0.3) is 10.0 Å². The number of nitrogens with zero attached hydrogens (tertiary/aromatic N) is 3. The van der Waals surface area contributed by atoms with Crippen molar-refractivity contribution in [2.75, 3.05) is 19.6 Å². The Hall–Kier alpha value is -1.16. The Morgan fingerprint density at radius 2 is 2.29 bits per heavy atom. The van der Waals surface area contributed by atoms with Crippen molar-refractivity contribution in [2.45, 2.75) is 23.9 Å². The molecule has 0 spiro atoms. The molecule has 8 nitrogen and oxygen atoms in total. The third kappa shape index (κ3) is 4.67. The van der Waals surface area contributed by atoms with E-state index in [1.807, 2.05) is 0 Å². The highest BCUT2D eigenvalue weighted by Crippen LogP contribution is 2.08. The summed E-state index contributed by atoms with van der Waals surface area (Å²) in [6.07, 6.45) is 4.51. The van der Waals surface area contributed by atoms with Gasteiger partial charge in [0.2, 0.25) is 5.91 Å². The van der Waals surface area contributed by atoms with Crippen LogP contribution in [0, 0.1) is 0 Å². The van der Waals surface area contributed by atoms with E-state index in [1.54, 1.807) is 11.9 Å². The molecule has 0 aliphatic carbocycles. The molecule has 0 aromatic carbocycles. The number of amides is 1. The van der Waals surface area contributed by atoms with E-state index in [0.717, 1.165) is 12.8 Å². The lowest BCUT2D eigenvalue weighted by atomic mass is 10.1. The van der Waals surface area contributed by atoms with Gasteiger partial charge in [0.1, 0.15) is 0 Å². The van der Waals surface area contributed by atoms with Gasteiger partial charge in [-0.2, -0.15) is 0 Å². The van der Waals surface area contributed by atoms with E-state index in [2.05, 4.69) is 9.71 Å². The van der Waals surface area contributed by atoms with E-state index in [0.29, 0.717) is 13.1 Å². The molecule has 10 heteroatoms. The third-order valence-electron chi connectivity index (χ3n) is 3.18. The summed E-state index contributed by atoms with van der Waals surface area (Å²) >= 11 is 0. The lowest BCUT2D eigenvalue weighted by Gasteiger charge is -2.30. The molecule has 0 saturated carbocycles. The van der Waals surface area contributed by atoms with E-state index in [4.69, 9.17) is 5.73 Å². The van der Waals surface area contributed by atoms with Crippen LogP contribution in [0.2, 0.25) is 0 Å². The van der Waals surface area contributed by atoms with Crippen molar-refractivity contribution in [1.82, 2.24) is 19.2 Å². The zero-order valence-corrected chi connectivity index (χ0v) is 13.4. The first-order valence-electron chi connectivity index (χ1n) is 6.39. The van der Waals surface area contributed by atoms with Gasteiger partial charge in [0.05, 0.1) is 12.9 Å². The van der Waals surface area contributed by atoms with E-state index >= 15 is 0 Å². The molecule has 21 heavy (non-hydrogen) atoms. The van der Waals surface area contributed by atoms with Gasteiger partial charge in [-0.05, 0) is 12.8 Å². The third-order valence-corrected chi connectivity index (χ3v) is 4.47. The van der Waals surface area contributed by atoms with Crippen LogP contribution in [-0.2, 0) is 21.9 Å². The summed E-state index contributed by atoms with van der Waals surface area (Å²) in [5.41, 5.74) is 5.79. The predicted octanol–water partition coefficient (Wildman–Crippen LogP) is -0.930. The SMILES string of the molecule is Cl.Cn1cnc(S(=O)(=O)NCC(=O)N2CCCC(N)C2)c1. The molecule has 1 fully saturated rings. The zero-order valence-electron chi connectivity index (χ0n) is 11.7. The molecule has 1 amide bonds. The fourth-order valence-electron chi connectivity index (χ4n) is 2.11. The maximum absolute atomic E-state index is 11.9. The van der Waals surface area contributed by atoms with Gasteiger partial charge >= 0.3 is 0 Å². The molecule has 1 aliphatic rings. The Labute approximate surface area is 130 Å². The number of hydrogen-bond acceptors (Lipinski definition) is 5. The van der Waals surface area contributed by atoms with Crippen LogP contribution in [0.15, 0.2) is 17.6 Å². The first-order chi connectivity index (χ1) is 9.38. The number of carbonyl (C=O) groups is 1. The number of nitrogens with two attached hydrogens (primary N) is 1. The van der Waals surface area contributed by atoms with Crippen molar-refractivity contribution in [2.24, 2.45) is 12.8 Å². The summed E-state index contributed by atoms with van der Waals surface area (Å²) in [5.74, 6) is -0.264. The number of imidazole rings is 1. The number of sulfonamides is 1. The van der Waals surface area contributed by atoms with Crippen LogP contribution in [0.25, 0.3) is 0 Å². The standard InChI is InChI=1S/C11H19N5O3S.ClH/c1-15-7-10(13-8-15)20(18,19)14-5-11(17)16-4-2-3-9(12)6-16;/h7-9,14H,2-6,12H2,1H3;1H. The maximum atomic E-state index is 11.9. The van der Waals surface area contributed by atoms with Crippen molar-refractivity contribution < 1.29 is 13.2 Å². The number of carbonyl (C=O) groups excluding carboxylic acids is 1. The van der Waals surface area contributed by atoms with Gasteiger partial charge in [-0.15, -0.1) is 12.4 Å². The minimum absolute atomic E-state index is 0.